The van der Waals surface area contributed by atoms with Gasteiger partial charge in [0.25, 0.3) is 5.56 Å². The maximum Gasteiger partial charge on any atom is 0.268 e. The van der Waals surface area contributed by atoms with Gasteiger partial charge in [-0.15, -0.1) is 11.3 Å². The topological polar surface area (TPSA) is 67.0 Å². The highest BCUT2D eigenvalue weighted by Gasteiger charge is 2.05. The molecule has 5 nitrogen and oxygen atoms in total. The molecule has 96 valence electrons. The number of methoxy groups -OCH3 is 1. The molecular weight excluding hydrogens is 250 g/mol. The second kappa shape index (κ2) is 6.44. The van der Waals surface area contributed by atoms with Gasteiger partial charge in [-0.25, -0.2) is 5.10 Å². The van der Waals surface area contributed by atoms with Crippen LogP contribution in [0.25, 0.3) is 10.6 Å². The molecule has 0 saturated heterocycles. The number of ether oxygens (including phenoxy) is 1. The Morgan fingerprint density at radius 2 is 2.44 bits per heavy atom. The zero-order chi connectivity index (χ0) is 12.8. The molecule has 2 aromatic rings. The average Bonchev–Trinajstić information content (AvgIpc) is 2.90. The van der Waals surface area contributed by atoms with Gasteiger partial charge in [-0.05, 0) is 17.5 Å². The third kappa shape index (κ3) is 3.25. The summed E-state index contributed by atoms with van der Waals surface area (Å²) in [4.78, 5) is 12.7. The van der Waals surface area contributed by atoms with Gasteiger partial charge in [-0.3, -0.25) is 4.79 Å². The lowest BCUT2D eigenvalue weighted by molar-refractivity contribution is 0.199. The maximum atomic E-state index is 11.6. The van der Waals surface area contributed by atoms with E-state index in [4.69, 9.17) is 4.74 Å². The summed E-state index contributed by atoms with van der Waals surface area (Å²) in [7, 11) is 1.65. The second-order valence-electron chi connectivity index (χ2n) is 3.75. The van der Waals surface area contributed by atoms with E-state index in [1.165, 1.54) is 0 Å². The lowest BCUT2D eigenvalue weighted by Crippen LogP contribution is -2.24. The summed E-state index contributed by atoms with van der Waals surface area (Å²) in [5, 5.41) is 11.7. The van der Waals surface area contributed by atoms with Gasteiger partial charge < -0.3 is 10.1 Å². The number of hydrogen-bond donors (Lipinski definition) is 2. The summed E-state index contributed by atoms with van der Waals surface area (Å²) < 4.78 is 4.93. The number of H-pyrrole nitrogens is 1. The van der Waals surface area contributed by atoms with Crippen LogP contribution in [0.15, 0.2) is 28.4 Å². The van der Waals surface area contributed by atoms with Crippen LogP contribution < -0.4 is 10.9 Å². The molecule has 0 aliphatic heterocycles. The molecule has 0 amide bonds. The van der Waals surface area contributed by atoms with Crippen molar-refractivity contribution in [3.63, 3.8) is 0 Å². The number of nitrogens with one attached hydrogen (secondary N) is 2. The van der Waals surface area contributed by atoms with Gasteiger partial charge in [-0.2, -0.15) is 5.10 Å². The monoisotopic (exact) mass is 265 g/mol. The van der Waals surface area contributed by atoms with Crippen molar-refractivity contribution >= 4 is 11.3 Å². The fourth-order valence-corrected chi connectivity index (χ4v) is 2.21. The van der Waals surface area contributed by atoms with Gasteiger partial charge in [0.15, 0.2) is 0 Å². The van der Waals surface area contributed by atoms with Crippen molar-refractivity contribution in [3.05, 3.63) is 39.5 Å². The number of aromatic amines is 1. The van der Waals surface area contributed by atoms with Gasteiger partial charge in [0.05, 0.1) is 11.5 Å². The SMILES string of the molecule is COCCNCc1cc(-c2cccs2)n[nH]c1=O. The van der Waals surface area contributed by atoms with Crippen molar-refractivity contribution in [1.82, 2.24) is 15.5 Å². The van der Waals surface area contributed by atoms with Crippen molar-refractivity contribution in [2.75, 3.05) is 20.3 Å². The first-order chi connectivity index (χ1) is 8.81. The number of nitrogens with zero attached hydrogens (tertiary/aromatic N) is 1. The lowest BCUT2D eigenvalue weighted by atomic mass is 10.2. The van der Waals surface area contributed by atoms with Gasteiger partial charge in [0, 0.05) is 25.8 Å². The smallest absolute Gasteiger partial charge is 0.268 e. The van der Waals surface area contributed by atoms with Crippen molar-refractivity contribution in [2.45, 2.75) is 6.54 Å². The molecule has 0 spiro atoms. The average molecular weight is 265 g/mol. The van der Waals surface area contributed by atoms with Crippen LogP contribution in [0.2, 0.25) is 0 Å². The Balaban J connectivity index is 2.10. The third-order valence-electron chi connectivity index (χ3n) is 2.45. The molecule has 0 unspecified atom stereocenters. The van der Waals surface area contributed by atoms with Crippen molar-refractivity contribution in [2.24, 2.45) is 0 Å². The van der Waals surface area contributed by atoms with Crippen LogP contribution in [0.3, 0.4) is 0 Å². The Morgan fingerprint density at radius 1 is 1.56 bits per heavy atom. The van der Waals surface area contributed by atoms with Crippen LogP contribution in [0, 0.1) is 0 Å². The van der Waals surface area contributed by atoms with Crippen molar-refractivity contribution < 1.29 is 4.74 Å². The molecule has 0 bridgehead atoms. The largest absolute Gasteiger partial charge is 0.383 e. The highest BCUT2D eigenvalue weighted by molar-refractivity contribution is 7.13. The molecule has 0 radical (unpaired) electrons. The van der Waals surface area contributed by atoms with E-state index in [1.807, 2.05) is 23.6 Å². The molecular formula is C12H15N3O2S. The second-order valence-corrected chi connectivity index (χ2v) is 4.70. The zero-order valence-corrected chi connectivity index (χ0v) is 10.9. The molecule has 2 aromatic heterocycles. The van der Waals surface area contributed by atoms with Crippen LogP contribution in [0.5, 0.6) is 0 Å². The van der Waals surface area contributed by atoms with Gasteiger partial charge in [0.2, 0.25) is 0 Å². The summed E-state index contributed by atoms with van der Waals surface area (Å²) in [6, 6.07) is 5.77. The van der Waals surface area contributed by atoms with Gasteiger partial charge in [0.1, 0.15) is 5.69 Å². The van der Waals surface area contributed by atoms with Crippen molar-refractivity contribution in [1.29, 1.82) is 0 Å². The van der Waals surface area contributed by atoms with E-state index in [0.29, 0.717) is 25.3 Å². The van der Waals surface area contributed by atoms with Crippen LogP contribution in [-0.2, 0) is 11.3 Å². The quantitative estimate of drug-likeness (QED) is 0.771. The Hall–Kier alpha value is -1.50. The van der Waals surface area contributed by atoms with Gasteiger partial charge in [-0.1, -0.05) is 6.07 Å². The summed E-state index contributed by atoms with van der Waals surface area (Å²) >= 11 is 1.60. The molecule has 0 fully saturated rings. The van der Waals surface area contributed by atoms with E-state index in [1.54, 1.807) is 18.4 Å². The Labute approximate surface area is 109 Å². The summed E-state index contributed by atoms with van der Waals surface area (Å²) in [5.41, 5.74) is 1.33. The van der Waals surface area contributed by atoms with E-state index >= 15 is 0 Å². The normalized spacial score (nSPS) is 10.7. The van der Waals surface area contributed by atoms with E-state index in [9.17, 15) is 4.79 Å². The standard InChI is InChI=1S/C12H15N3O2S/c1-17-5-4-13-8-9-7-10(14-15-12(9)16)11-3-2-6-18-11/h2-3,6-7,13H,4-5,8H2,1H3,(H,15,16). The molecule has 2 N–H and O–H groups in total. The first-order valence-corrected chi connectivity index (χ1v) is 6.51. The predicted octanol–water partition coefficient (Wildman–Crippen LogP) is 1.23. The van der Waals surface area contributed by atoms with Crippen LogP contribution in [0.1, 0.15) is 5.56 Å². The Morgan fingerprint density at radius 3 is 3.17 bits per heavy atom. The van der Waals surface area contributed by atoms with Gasteiger partial charge >= 0.3 is 0 Å². The molecule has 2 heterocycles. The number of thiophene rings is 1. The molecule has 6 heteroatoms. The molecule has 0 aliphatic carbocycles. The maximum absolute atomic E-state index is 11.6. The van der Waals surface area contributed by atoms with E-state index in [0.717, 1.165) is 10.6 Å². The minimum atomic E-state index is -0.153. The van der Waals surface area contributed by atoms with E-state index < -0.39 is 0 Å². The fourth-order valence-electron chi connectivity index (χ4n) is 1.52. The number of aromatic nitrogens is 2. The Kier molecular flexibility index (Phi) is 4.63. The molecule has 0 saturated carbocycles. The minimum absolute atomic E-state index is 0.153. The van der Waals surface area contributed by atoms with Crippen LogP contribution in [-0.4, -0.2) is 30.5 Å². The van der Waals surface area contributed by atoms with E-state index in [2.05, 4.69) is 15.5 Å². The number of hydrogen-bond acceptors (Lipinski definition) is 5. The highest BCUT2D eigenvalue weighted by Crippen LogP contribution is 2.21. The fraction of sp³-hybridized carbons (Fsp3) is 0.333. The predicted molar refractivity (Wildman–Crippen MR) is 71.8 cm³/mol. The molecule has 18 heavy (non-hydrogen) atoms. The summed E-state index contributed by atoms with van der Waals surface area (Å²) in [5.74, 6) is 0. The number of rotatable bonds is 6. The molecule has 2 rings (SSSR count). The molecule has 0 aliphatic rings. The first-order valence-electron chi connectivity index (χ1n) is 5.63. The Bertz CT molecular complexity index is 537. The van der Waals surface area contributed by atoms with Crippen LogP contribution >= 0.6 is 11.3 Å². The third-order valence-corrected chi connectivity index (χ3v) is 3.34. The van der Waals surface area contributed by atoms with E-state index in [-0.39, 0.29) is 5.56 Å². The highest BCUT2D eigenvalue weighted by atomic mass is 32.1. The summed E-state index contributed by atoms with van der Waals surface area (Å²) in [6.45, 7) is 1.85. The zero-order valence-electron chi connectivity index (χ0n) is 10.1. The molecule has 0 atom stereocenters. The van der Waals surface area contributed by atoms with Crippen LogP contribution in [0.4, 0.5) is 0 Å². The minimum Gasteiger partial charge on any atom is -0.383 e. The lowest BCUT2D eigenvalue weighted by Gasteiger charge is -2.04. The summed E-state index contributed by atoms with van der Waals surface area (Å²) in [6.07, 6.45) is 0. The molecule has 0 aromatic carbocycles. The van der Waals surface area contributed by atoms with Crippen molar-refractivity contribution in [3.8, 4) is 10.6 Å². The first kappa shape index (κ1) is 12.9.